The van der Waals surface area contributed by atoms with Crippen LogP contribution >= 0.6 is 11.6 Å². The number of rotatable bonds is 7. The van der Waals surface area contributed by atoms with Crippen LogP contribution in [0.2, 0.25) is 5.02 Å². The second-order valence-corrected chi connectivity index (χ2v) is 6.79. The number of nitrogens with one attached hydrogen (secondary N) is 1. The number of alkyl halides is 2. The molecule has 1 unspecified atom stereocenters. The molecule has 0 aromatic heterocycles. The Morgan fingerprint density at radius 1 is 1.10 bits per heavy atom. The average molecular weight is 453 g/mol. The van der Waals surface area contributed by atoms with Crippen LogP contribution in [0.25, 0.3) is 0 Å². The van der Waals surface area contributed by atoms with Gasteiger partial charge in [0.25, 0.3) is 17.7 Å². The van der Waals surface area contributed by atoms with Crippen LogP contribution in [0.1, 0.15) is 27.6 Å². The van der Waals surface area contributed by atoms with Crippen LogP contribution < -0.4 is 10.1 Å². The second kappa shape index (κ2) is 9.09. The molecular weight excluding hydrogens is 438 g/mol. The molecule has 1 aliphatic rings. The molecule has 0 saturated heterocycles. The first-order valence-corrected chi connectivity index (χ1v) is 9.24. The summed E-state index contributed by atoms with van der Waals surface area (Å²) in [5.74, 6) is -3.23. The number of fused-ring (bicyclic) bond motifs is 1. The first-order valence-electron chi connectivity index (χ1n) is 8.86. The lowest BCUT2D eigenvalue weighted by atomic mass is 10.1. The minimum atomic E-state index is -3.05. The number of imide groups is 1. The van der Waals surface area contributed by atoms with Crippen LogP contribution in [0.5, 0.6) is 5.75 Å². The molecule has 0 radical (unpaired) electrons. The van der Waals surface area contributed by atoms with Gasteiger partial charge in [0.1, 0.15) is 11.8 Å². The summed E-state index contributed by atoms with van der Waals surface area (Å²) in [6, 6.07) is 8.48. The Hall–Kier alpha value is -3.53. The van der Waals surface area contributed by atoms with Crippen molar-refractivity contribution >= 4 is 41.0 Å². The highest BCUT2D eigenvalue weighted by Crippen LogP contribution is 2.29. The number of benzene rings is 2. The Morgan fingerprint density at radius 2 is 1.71 bits per heavy atom. The Morgan fingerprint density at radius 3 is 2.26 bits per heavy atom. The topological polar surface area (TPSA) is 102 Å². The molecule has 0 bridgehead atoms. The molecule has 162 valence electrons. The molecule has 1 heterocycles. The van der Waals surface area contributed by atoms with Crippen molar-refractivity contribution < 1.29 is 37.4 Å². The molecule has 3 amide bonds. The van der Waals surface area contributed by atoms with Crippen molar-refractivity contribution in [3.63, 3.8) is 0 Å². The normalized spacial score (nSPS) is 13.8. The van der Waals surface area contributed by atoms with Gasteiger partial charge in [0, 0.05) is 5.69 Å². The summed E-state index contributed by atoms with van der Waals surface area (Å²) in [7, 11) is 0. The van der Waals surface area contributed by atoms with Crippen molar-refractivity contribution in [2.75, 3.05) is 11.9 Å². The number of hydrogen-bond acceptors (Lipinski definition) is 6. The van der Waals surface area contributed by atoms with Crippen LogP contribution in [0.15, 0.2) is 42.5 Å². The number of carbonyl (C=O) groups excluding carboxylic acids is 4. The fourth-order valence-corrected chi connectivity index (χ4v) is 3.11. The molecular formula is C20H15ClF2N2O6. The highest BCUT2D eigenvalue weighted by molar-refractivity contribution is 6.32. The van der Waals surface area contributed by atoms with Gasteiger partial charge in [-0.05, 0) is 37.3 Å². The minimum Gasteiger partial charge on any atom is -0.454 e. The predicted octanol–water partition coefficient (Wildman–Crippen LogP) is 3.11. The van der Waals surface area contributed by atoms with Crippen molar-refractivity contribution in [3.05, 3.63) is 58.6 Å². The van der Waals surface area contributed by atoms with E-state index in [0.717, 1.165) is 11.0 Å². The minimum absolute atomic E-state index is 0.154. The number of hydrogen-bond donors (Lipinski definition) is 1. The third-order valence-electron chi connectivity index (χ3n) is 4.33. The van der Waals surface area contributed by atoms with Crippen LogP contribution in [0, 0.1) is 0 Å². The van der Waals surface area contributed by atoms with Gasteiger partial charge >= 0.3 is 12.6 Å². The van der Waals surface area contributed by atoms with Gasteiger partial charge in [-0.3, -0.25) is 19.3 Å². The van der Waals surface area contributed by atoms with Gasteiger partial charge in [-0.15, -0.1) is 0 Å². The van der Waals surface area contributed by atoms with E-state index < -0.39 is 43.0 Å². The lowest BCUT2D eigenvalue weighted by molar-refractivity contribution is -0.150. The summed E-state index contributed by atoms with van der Waals surface area (Å²) in [5.41, 5.74) is 0.517. The van der Waals surface area contributed by atoms with Crippen LogP contribution in [-0.4, -0.2) is 47.9 Å². The summed E-state index contributed by atoms with van der Waals surface area (Å²) < 4.78 is 33.6. The Kier molecular flexibility index (Phi) is 6.50. The summed E-state index contributed by atoms with van der Waals surface area (Å²) >= 11 is 5.80. The lowest BCUT2D eigenvalue weighted by Crippen LogP contribution is -2.44. The second-order valence-electron chi connectivity index (χ2n) is 6.38. The van der Waals surface area contributed by atoms with Gasteiger partial charge < -0.3 is 14.8 Å². The number of halogens is 3. The third-order valence-corrected chi connectivity index (χ3v) is 4.63. The fraction of sp³-hybridized carbons (Fsp3) is 0.200. The van der Waals surface area contributed by atoms with Gasteiger partial charge in [0.2, 0.25) is 0 Å². The van der Waals surface area contributed by atoms with Crippen molar-refractivity contribution in [2.24, 2.45) is 0 Å². The SMILES string of the molecule is CC(C(=O)OCC(=O)Nc1ccc(OC(F)F)c(Cl)c1)N1C(=O)c2ccccc2C1=O. The standard InChI is InChI=1S/C20H15ClF2N2O6/c1-10(25-17(27)12-4-2-3-5-13(12)18(25)28)19(29)30-9-16(26)24-11-6-7-15(14(21)8-11)31-20(22)23/h2-8,10,20H,9H2,1H3,(H,24,26). The van der Waals surface area contributed by atoms with Gasteiger partial charge in [-0.2, -0.15) is 8.78 Å². The molecule has 0 fully saturated rings. The smallest absolute Gasteiger partial charge is 0.387 e. The van der Waals surface area contributed by atoms with Crippen molar-refractivity contribution in [1.82, 2.24) is 4.90 Å². The van der Waals surface area contributed by atoms with Gasteiger partial charge in [0.15, 0.2) is 6.61 Å². The molecule has 1 aliphatic heterocycles. The maximum atomic E-state index is 12.4. The third kappa shape index (κ3) is 4.80. The number of carbonyl (C=O) groups is 4. The van der Waals surface area contributed by atoms with E-state index in [-0.39, 0.29) is 27.6 Å². The highest BCUT2D eigenvalue weighted by Gasteiger charge is 2.41. The number of nitrogens with zero attached hydrogens (tertiary/aromatic N) is 1. The zero-order valence-corrected chi connectivity index (χ0v) is 16.7. The van der Waals surface area contributed by atoms with Crippen molar-refractivity contribution in [3.8, 4) is 5.75 Å². The van der Waals surface area contributed by atoms with E-state index in [9.17, 15) is 28.0 Å². The first-order chi connectivity index (χ1) is 14.7. The highest BCUT2D eigenvalue weighted by atomic mass is 35.5. The molecule has 1 atom stereocenters. The van der Waals surface area contributed by atoms with Gasteiger partial charge in [0.05, 0.1) is 16.1 Å². The Bertz CT molecular complexity index is 1030. The molecule has 31 heavy (non-hydrogen) atoms. The molecule has 0 spiro atoms. The van der Waals surface area contributed by atoms with Crippen LogP contribution in [0.4, 0.5) is 14.5 Å². The van der Waals surface area contributed by atoms with Crippen LogP contribution in [-0.2, 0) is 14.3 Å². The molecule has 8 nitrogen and oxygen atoms in total. The Balaban J connectivity index is 1.56. The summed E-state index contributed by atoms with van der Waals surface area (Å²) in [6.07, 6.45) is 0. The van der Waals surface area contributed by atoms with E-state index in [2.05, 4.69) is 10.1 Å². The molecule has 0 saturated carbocycles. The largest absolute Gasteiger partial charge is 0.454 e. The van der Waals surface area contributed by atoms with Crippen molar-refractivity contribution in [1.29, 1.82) is 0 Å². The van der Waals surface area contributed by atoms with E-state index in [1.54, 1.807) is 12.1 Å². The fourth-order valence-electron chi connectivity index (χ4n) is 2.89. The molecule has 3 rings (SSSR count). The summed E-state index contributed by atoms with van der Waals surface area (Å²) in [6.45, 7) is -2.45. The molecule has 2 aromatic carbocycles. The summed E-state index contributed by atoms with van der Waals surface area (Å²) in [5, 5.41) is 2.21. The number of anilines is 1. The number of amides is 3. The maximum absolute atomic E-state index is 12.4. The zero-order chi connectivity index (χ0) is 22.7. The maximum Gasteiger partial charge on any atom is 0.387 e. The number of ether oxygens (including phenoxy) is 2. The van der Waals surface area contributed by atoms with Crippen LogP contribution in [0.3, 0.4) is 0 Å². The van der Waals surface area contributed by atoms with E-state index in [1.807, 2.05) is 0 Å². The predicted molar refractivity (Wildman–Crippen MR) is 104 cm³/mol. The first kappa shape index (κ1) is 22.2. The van der Waals surface area contributed by atoms with E-state index in [0.29, 0.717) is 0 Å². The monoisotopic (exact) mass is 452 g/mol. The molecule has 2 aromatic rings. The number of esters is 1. The van der Waals surface area contributed by atoms with Gasteiger partial charge in [-0.1, -0.05) is 23.7 Å². The molecule has 0 aliphatic carbocycles. The lowest BCUT2D eigenvalue weighted by Gasteiger charge is -2.20. The van der Waals surface area contributed by atoms with E-state index in [1.165, 1.54) is 31.2 Å². The van der Waals surface area contributed by atoms with Crippen molar-refractivity contribution in [2.45, 2.75) is 19.6 Å². The molecule has 1 N–H and O–H groups in total. The van der Waals surface area contributed by atoms with Gasteiger partial charge in [-0.25, -0.2) is 4.79 Å². The zero-order valence-electron chi connectivity index (χ0n) is 15.9. The Labute approximate surface area is 179 Å². The summed E-state index contributed by atoms with van der Waals surface area (Å²) in [4.78, 5) is 49.9. The van der Waals surface area contributed by atoms with E-state index in [4.69, 9.17) is 16.3 Å². The quantitative estimate of drug-likeness (QED) is 0.511. The average Bonchev–Trinajstić information content (AvgIpc) is 2.98. The molecule has 11 heteroatoms. The van der Waals surface area contributed by atoms with E-state index >= 15 is 0 Å².